The van der Waals surface area contributed by atoms with E-state index < -0.39 is 29.7 Å². The summed E-state index contributed by atoms with van der Waals surface area (Å²) in [5.74, 6) is -2.02. The highest BCUT2D eigenvalue weighted by atomic mass is 16.2. The van der Waals surface area contributed by atoms with E-state index in [0.29, 0.717) is 12.2 Å². The molecule has 0 aliphatic carbocycles. The van der Waals surface area contributed by atoms with Crippen LogP contribution in [-0.2, 0) is 9.59 Å². The Bertz CT molecular complexity index is 1140. The van der Waals surface area contributed by atoms with Gasteiger partial charge in [-0.05, 0) is 57.0 Å². The summed E-state index contributed by atoms with van der Waals surface area (Å²) in [7, 11) is 0. The van der Waals surface area contributed by atoms with Crippen molar-refractivity contribution in [1.29, 1.82) is 0 Å². The standard InChI is InChI=1S/C29H36N4O4/c1-3-21(19-32-16-7-5-4-6-8-17-32)13-12-20(2)18-30-23-11-9-10-22-26(23)29(37)33(28(22)36)24-14-15-25(34)31-27(24)35/h3,9-13,24,30H,1,4-8,14-19H2,2H3,(H,31,34,35)/b20-12+,21-13+. The van der Waals surface area contributed by atoms with Crippen LogP contribution in [0.2, 0.25) is 0 Å². The summed E-state index contributed by atoms with van der Waals surface area (Å²) in [6.45, 7) is 9.61. The Labute approximate surface area is 218 Å². The van der Waals surface area contributed by atoms with Gasteiger partial charge < -0.3 is 5.32 Å². The molecular formula is C29H36N4O4. The van der Waals surface area contributed by atoms with Gasteiger partial charge in [0.1, 0.15) is 6.04 Å². The maximum absolute atomic E-state index is 13.2. The van der Waals surface area contributed by atoms with E-state index in [1.54, 1.807) is 18.2 Å². The van der Waals surface area contributed by atoms with E-state index in [-0.39, 0.29) is 24.0 Å². The summed E-state index contributed by atoms with van der Waals surface area (Å²) >= 11 is 0. The lowest BCUT2D eigenvalue weighted by atomic mass is 10.0. The van der Waals surface area contributed by atoms with Gasteiger partial charge in [0.25, 0.3) is 11.8 Å². The molecule has 1 aromatic carbocycles. The summed E-state index contributed by atoms with van der Waals surface area (Å²) in [6.07, 6.45) is 12.7. The van der Waals surface area contributed by atoms with Crippen molar-refractivity contribution in [3.05, 3.63) is 65.3 Å². The third kappa shape index (κ3) is 6.25. The molecule has 0 radical (unpaired) electrons. The number of imide groups is 2. The molecule has 0 bridgehead atoms. The Balaban J connectivity index is 1.42. The molecule has 4 rings (SSSR count). The molecule has 2 fully saturated rings. The van der Waals surface area contributed by atoms with E-state index >= 15 is 0 Å². The molecular weight excluding hydrogens is 468 g/mol. The molecule has 0 saturated carbocycles. The molecule has 8 nitrogen and oxygen atoms in total. The monoisotopic (exact) mass is 504 g/mol. The van der Waals surface area contributed by atoms with Gasteiger partial charge in [-0.15, -0.1) is 0 Å². The molecule has 0 spiro atoms. The van der Waals surface area contributed by atoms with Crippen molar-refractivity contribution < 1.29 is 19.2 Å². The Hall–Kier alpha value is -3.52. The number of piperidine rings is 1. The number of hydrogen-bond acceptors (Lipinski definition) is 6. The first-order valence-corrected chi connectivity index (χ1v) is 13.2. The van der Waals surface area contributed by atoms with E-state index in [1.807, 2.05) is 13.0 Å². The van der Waals surface area contributed by atoms with Crippen LogP contribution in [0.3, 0.4) is 0 Å². The lowest BCUT2D eigenvalue weighted by Crippen LogP contribution is -2.54. The number of likely N-dealkylation sites (tertiary alicyclic amines) is 1. The number of allylic oxidation sites excluding steroid dienone is 2. The van der Waals surface area contributed by atoms with Gasteiger partial charge in [0.2, 0.25) is 11.8 Å². The number of amides is 4. The fourth-order valence-corrected chi connectivity index (χ4v) is 5.12. The molecule has 4 amide bonds. The number of fused-ring (bicyclic) bond motifs is 1. The molecule has 196 valence electrons. The maximum Gasteiger partial charge on any atom is 0.264 e. The zero-order valence-corrected chi connectivity index (χ0v) is 21.6. The van der Waals surface area contributed by atoms with Gasteiger partial charge in [-0.25, -0.2) is 0 Å². The molecule has 0 aromatic heterocycles. The first-order valence-electron chi connectivity index (χ1n) is 13.2. The van der Waals surface area contributed by atoms with Crippen LogP contribution in [0, 0.1) is 0 Å². The summed E-state index contributed by atoms with van der Waals surface area (Å²) in [5, 5.41) is 5.51. The smallest absolute Gasteiger partial charge is 0.264 e. The van der Waals surface area contributed by atoms with E-state index in [4.69, 9.17) is 0 Å². The van der Waals surface area contributed by atoms with Crippen LogP contribution < -0.4 is 10.6 Å². The first kappa shape index (κ1) is 26.5. The van der Waals surface area contributed by atoms with Gasteiger partial charge in [0, 0.05) is 25.2 Å². The van der Waals surface area contributed by atoms with Gasteiger partial charge in [0.05, 0.1) is 11.1 Å². The van der Waals surface area contributed by atoms with Crippen molar-refractivity contribution in [2.75, 3.05) is 31.5 Å². The number of rotatable bonds is 8. The van der Waals surface area contributed by atoms with E-state index in [0.717, 1.165) is 30.1 Å². The molecule has 3 heterocycles. The predicted octanol–water partition coefficient (Wildman–Crippen LogP) is 3.82. The van der Waals surface area contributed by atoms with E-state index in [2.05, 4.69) is 34.3 Å². The van der Waals surface area contributed by atoms with Gasteiger partial charge in [-0.3, -0.25) is 34.3 Å². The lowest BCUT2D eigenvalue weighted by molar-refractivity contribution is -0.136. The highest BCUT2D eigenvalue weighted by Crippen LogP contribution is 2.32. The van der Waals surface area contributed by atoms with E-state index in [9.17, 15) is 19.2 Å². The normalized spacial score (nSPS) is 21.9. The Morgan fingerprint density at radius 2 is 1.78 bits per heavy atom. The zero-order valence-electron chi connectivity index (χ0n) is 21.6. The van der Waals surface area contributed by atoms with Crippen molar-refractivity contribution in [3.63, 3.8) is 0 Å². The minimum atomic E-state index is -0.976. The molecule has 1 aromatic rings. The third-order valence-electron chi connectivity index (χ3n) is 7.22. The SMILES string of the molecule is C=C/C(=C\C=C(/C)CNc1cccc2c1C(=O)N(C1CCC(=O)NC1=O)C2=O)CN1CCCCCCC1. The maximum atomic E-state index is 13.2. The van der Waals surface area contributed by atoms with Crippen molar-refractivity contribution in [2.45, 2.75) is 57.9 Å². The number of nitrogens with one attached hydrogen (secondary N) is 2. The Kier molecular flexibility index (Phi) is 8.71. The number of anilines is 1. The minimum Gasteiger partial charge on any atom is -0.381 e. The number of nitrogens with zero attached hydrogens (tertiary/aromatic N) is 2. The van der Waals surface area contributed by atoms with Crippen LogP contribution in [0.4, 0.5) is 5.69 Å². The average Bonchev–Trinajstić information content (AvgIpc) is 3.12. The molecule has 2 saturated heterocycles. The van der Waals surface area contributed by atoms with Crippen molar-refractivity contribution >= 4 is 29.3 Å². The average molecular weight is 505 g/mol. The molecule has 3 aliphatic rings. The molecule has 8 heteroatoms. The van der Waals surface area contributed by atoms with Gasteiger partial charge in [0.15, 0.2) is 0 Å². The summed E-state index contributed by atoms with van der Waals surface area (Å²) in [4.78, 5) is 53.6. The minimum absolute atomic E-state index is 0.0941. The first-order chi connectivity index (χ1) is 17.9. The third-order valence-corrected chi connectivity index (χ3v) is 7.22. The second kappa shape index (κ2) is 12.1. The Morgan fingerprint density at radius 3 is 2.49 bits per heavy atom. The topological polar surface area (TPSA) is 98.8 Å². The molecule has 3 aliphatic heterocycles. The van der Waals surface area contributed by atoms with Crippen molar-refractivity contribution in [3.8, 4) is 0 Å². The van der Waals surface area contributed by atoms with Crippen LogP contribution in [0.5, 0.6) is 0 Å². The second-order valence-electron chi connectivity index (χ2n) is 10.0. The molecule has 2 N–H and O–H groups in total. The van der Waals surface area contributed by atoms with Crippen LogP contribution in [0.25, 0.3) is 0 Å². The summed E-state index contributed by atoms with van der Waals surface area (Å²) < 4.78 is 0. The summed E-state index contributed by atoms with van der Waals surface area (Å²) in [6, 6.07) is 4.10. The number of carbonyl (C=O) groups is 4. The molecule has 37 heavy (non-hydrogen) atoms. The van der Waals surface area contributed by atoms with Crippen LogP contribution in [-0.4, -0.2) is 65.6 Å². The van der Waals surface area contributed by atoms with Crippen molar-refractivity contribution in [2.24, 2.45) is 0 Å². The van der Waals surface area contributed by atoms with Crippen molar-refractivity contribution in [1.82, 2.24) is 15.1 Å². The van der Waals surface area contributed by atoms with E-state index in [1.165, 1.54) is 37.7 Å². The second-order valence-corrected chi connectivity index (χ2v) is 10.0. The van der Waals surface area contributed by atoms with Crippen LogP contribution in [0.15, 0.2) is 54.2 Å². The number of hydrogen-bond donors (Lipinski definition) is 2. The molecule has 1 unspecified atom stereocenters. The predicted molar refractivity (Wildman–Crippen MR) is 143 cm³/mol. The Morgan fingerprint density at radius 1 is 1.05 bits per heavy atom. The quantitative estimate of drug-likeness (QED) is 0.413. The van der Waals surface area contributed by atoms with Crippen LogP contribution >= 0.6 is 0 Å². The molecule has 1 atom stereocenters. The zero-order chi connectivity index (χ0) is 26.4. The highest BCUT2D eigenvalue weighted by molar-refractivity contribution is 6.25. The summed E-state index contributed by atoms with van der Waals surface area (Å²) in [5.41, 5.74) is 3.31. The van der Waals surface area contributed by atoms with Gasteiger partial charge in [-0.2, -0.15) is 0 Å². The fourth-order valence-electron chi connectivity index (χ4n) is 5.12. The lowest BCUT2D eigenvalue weighted by Gasteiger charge is -2.27. The highest BCUT2D eigenvalue weighted by Gasteiger charge is 2.45. The van der Waals surface area contributed by atoms with Crippen LogP contribution in [0.1, 0.15) is 72.6 Å². The number of benzene rings is 1. The number of carbonyl (C=O) groups excluding carboxylic acids is 4. The largest absolute Gasteiger partial charge is 0.381 e. The van der Waals surface area contributed by atoms with Gasteiger partial charge >= 0.3 is 0 Å². The fraction of sp³-hybridized carbons (Fsp3) is 0.448. The van der Waals surface area contributed by atoms with Gasteiger partial charge in [-0.1, -0.05) is 55.7 Å².